The van der Waals surface area contributed by atoms with E-state index in [1.165, 1.54) is 0 Å². The molecule has 0 saturated heterocycles. The predicted octanol–water partition coefficient (Wildman–Crippen LogP) is 3.62. The second-order valence-corrected chi connectivity index (χ2v) is 8.00. The molecule has 4 aromatic heterocycles. The fourth-order valence-corrected chi connectivity index (χ4v) is 4.16. The summed E-state index contributed by atoms with van der Waals surface area (Å²) >= 11 is 0. The number of imidazole rings is 1. The number of nitrogens with one attached hydrogen (secondary N) is 1. The second kappa shape index (κ2) is 6.81. The number of anilines is 1. The summed E-state index contributed by atoms with van der Waals surface area (Å²) in [6, 6.07) is 4.91. The number of nitrogens with zero attached hydrogens (tertiary/aromatic N) is 6. The topological polar surface area (TPSA) is 82.2 Å². The number of aryl methyl sites for hydroxylation is 1. The van der Waals surface area contributed by atoms with Crippen LogP contribution in [0.5, 0.6) is 0 Å². The predicted molar refractivity (Wildman–Crippen MR) is 112 cm³/mol. The summed E-state index contributed by atoms with van der Waals surface area (Å²) < 4.78 is 9.42. The third kappa shape index (κ3) is 3.04. The minimum atomic E-state index is 0.323. The fraction of sp³-hybridized carbons (Fsp3) is 0.429. The van der Waals surface area contributed by atoms with E-state index in [0.717, 1.165) is 46.5 Å². The molecule has 29 heavy (non-hydrogen) atoms. The molecule has 0 unspecified atom stereocenters. The van der Waals surface area contributed by atoms with Crippen molar-refractivity contribution in [3.05, 3.63) is 36.5 Å². The van der Waals surface area contributed by atoms with Crippen LogP contribution >= 0.6 is 0 Å². The summed E-state index contributed by atoms with van der Waals surface area (Å²) in [7, 11) is 1.76. The molecule has 0 spiro atoms. The quantitative estimate of drug-likeness (QED) is 0.560. The van der Waals surface area contributed by atoms with Gasteiger partial charge >= 0.3 is 0 Å². The molecule has 0 bridgehead atoms. The van der Waals surface area contributed by atoms with Gasteiger partial charge in [-0.2, -0.15) is 0 Å². The Morgan fingerprint density at radius 1 is 1.17 bits per heavy atom. The van der Waals surface area contributed by atoms with E-state index in [1.54, 1.807) is 7.11 Å². The molecule has 1 aliphatic carbocycles. The van der Waals surface area contributed by atoms with Crippen LogP contribution in [0.2, 0.25) is 0 Å². The van der Waals surface area contributed by atoms with Gasteiger partial charge in [0.05, 0.1) is 23.3 Å². The van der Waals surface area contributed by atoms with E-state index in [1.807, 2.05) is 30.0 Å². The Hall–Kier alpha value is -3.00. The number of fused-ring (bicyclic) bond motifs is 2. The molecule has 1 saturated carbocycles. The molecule has 1 fully saturated rings. The van der Waals surface area contributed by atoms with Gasteiger partial charge in [-0.3, -0.25) is 0 Å². The van der Waals surface area contributed by atoms with Crippen LogP contribution in [0.4, 0.5) is 5.95 Å². The van der Waals surface area contributed by atoms with Crippen LogP contribution in [0.15, 0.2) is 30.7 Å². The van der Waals surface area contributed by atoms with Crippen molar-refractivity contribution in [2.75, 3.05) is 12.4 Å². The van der Waals surface area contributed by atoms with Crippen LogP contribution in [0.25, 0.3) is 27.8 Å². The summed E-state index contributed by atoms with van der Waals surface area (Å²) in [5.74, 6) is 1.62. The van der Waals surface area contributed by atoms with Gasteiger partial charge in [0.2, 0.25) is 5.95 Å². The van der Waals surface area contributed by atoms with Crippen molar-refractivity contribution in [3.8, 4) is 11.1 Å². The Morgan fingerprint density at radius 2 is 2.00 bits per heavy atom. The zero-order valence-electron chi connectivity index (χ0n) is 17.1. The Labute approximate surface area is 168 Å². The molecule has 1 N–H and O–H groups in total. The van der Waals surface area contributed by atoms with Gasteiger partial charge in [-0.25, -0.2) is 19.5 Å². The number of pyridine rings is 1. The number of aromatic nitrogens is 6. The molecule has 0 aliphatic heterocycles. The highest BCUT2D eigenvalue weighted by molar-refractivity contribution is 5.85. The van der Waals surface area contributed by atoms with E-state index in [9.17, 15) is 0 Å². The fourth-order valence-electron chi connectivity index (χ4n) is 4.16. The van der Waals surface area contributed by atoms with Gasteiger partial charge in [0, 0.05) is 42.7 Å². The number of rotatable bonds is 5. The number of ether oxygens (including phenoxy) is 1. The molecule has 1 aliphatic rings. The summed E-state index contributed by atoms with van der Waals surface area (Å²) in [5, 5.41) is 8.01. The summed E-state index contributed by atoms with van der Waals surface area (Å²) in [6.07, 6.45) is 8.03. The molecule has 0 aromatic carbocycles. The highest BCUT2D eigenvalue weighted by Gasteiger charge is 2.29. The van der Waals surface area contributed by atoms with E-state index < -0.39 is 0 Å². The Kier molecular flexibility index (Phi) is 4.24. The maximum Gasteiger partial charge on any atom is 0.241 e. The smallest absolute Gasteiger partial charge is 0.241 e. The minimum absolute atomic E-state index is 0.323. The van der Waals surface area contributed by atoms with E-state index in [0.29, 0.717) is 24.1 Å². The third-order valence-electron chi connectivity index (χ3n) is 5.73. The summed E-state index contributed by atoms with van der Waals surface area (Å²) in [6.45, 7) is 6.34. The molecule has 8 nitrogen and oxygen atoms in total. The monoisotopic (exact) mass is 391 g/mol. The molecule has 5 rings (SSSR count). The number of hydrogen-bond acceptors (Lipinski definition) is 6. The summed E-state index contributed by atoms with van der Waals surface area (Å²) in [4.78, 5) is 13.7. The van der Waals surface area contributed by atoms with Crippen molar-refractivity contribution in [1.29, 1.82) is 0 Å². The SMILES string of the molecule is CO[C@H]1C[C@H](Nc2ncc3c(-c4cnc5nc(C)n(C(C)C)c5c4)ccn3n2)C1. The molecule has 150 valence electrons. The van der Waals surface area contributed by atoms with Gasteiger partial charge in [0.15, 0.2) is 5.65 Å². The van der Waals surface area contributed by atoms with Crippen molar-refractivity contribution in [2.24, 2.45) is 0 Å². The molecule has 4 aromatic rings. The average Bonchev–Trinajstić information content (AvgIpc) is 3.23. The van der Waals surface area contributed by atoms with Crippen molar-refractivity contribution in [3.63, 3.8) is 0 Å². The van der Waals surface area contributed by atoms with Gasteiger partial charge in [-0.1, -0.05) is 0 Å². The number of hydrogen-bond donors (Lipinski definition) is 1. The first-order valence-electron chi connectivity index (χ1n) is 10.0. The van der Waals surface area contributed by atoms with Gasteiger partial charge in [-0.05, 0) is 45.7 Å². The van der Waals surface area contributed by atoms with Gasteiger partial charge < -0.3 is 14.6 Å². The molecule has 0 amide bonds. The zero-order valence-corrected chi connectivity index (χ0v) is 17.1. The van der Waals surface area contributed by atoms with Crippen LogP contribution in [0.3, 0.4) is 0 Å². The maximum atomic E-state index is 5.33. The average molecular weight is 391 g/mol. The van der Waals surface area contributed by atoms with Crippen molar-refractivity contribution in [1.82, 2.24) is 29.1 Å². The van der Waals surface area contributed by atoms with Crippen molar-refractivity contribution < 1.29 is 4.74 Å². The molecule has 0 atom stereocenters. The zero-order chi connectivity index (χ0) is 20.1. The van der Waals surface area contributed by atoms with E-state index in [-0.39, 0.29) is 0 Å². The van der Waals surface area contributed by atoms with Crippen LogP contribution in [-0.4, -0.2) is 48.4 Å². The largest absolute Gasteiger partial charge is 0.381 e. The highest BCUT2D eigenvalue weighted by atomic mass is 16.5. The maximum absolute atomic E-state index is 5.33. The summed E-state index contributed by atoms with van der Waals surface area (Å²) in [5.41, 5.74) is 4.87. The van der Waals surface area contributed by atoms with Gasteiger partial charge in [0.25, 0.3) is 0 Å². The minimum Gasteiger partial charge on any atom is -0.381 e. The third-order valence-corrected chi connectivity index (χ3v) is 5.73. The van der Waals surface area contributed by atoms with Crippen molar-refractivity contribution in [2.45, 2.75) is 51.8 Å². The van der Waals surface area contributed by atoms with Gasteiger partial charge in [0.1, 0.15) is 5.82 Å². The molecule has 8 heteroatoms. The normalized spacial score (nSPS) is 19.2. The lowest BCUT2D eigenvalue weighted by Crippen LogP contribution is -2.40. The Balaban J connectivity index is 1.48. The van der Waals surface area contributed by atoms with Crippen LogP contribution in [0, 0.1) is 6.92 Å². The van der Waals surface area contributed by atoms with Gasteiger partial charge in [-0.15, -0.1) is 5.10 Å². The van der Waals surface area contributed by atoms with E-state index >= 15 is 0 Å². The molecular weight excluding hydrogens is 366 g/mol. The van der Waals surface area contributed by atoms with Crippen LogP contribution < -0.4 is 5.32 Å². The van der Waals surface area contributed by atoms with Crippen LogP contribution in [-0.2, 0) is 4.74 Å². The van der Waals surface area contributed by atoms with E-state index in [4.69, 9.17) is 4.74 Å². The lowest BCUT2D eigenvalue weighted by molar-refractivity contribution is 0.0326. The second-order valence-electron chi connectivity index (χ2n) is 8.00. The Morgan fingerprint density at radius 3 is 2.76 bits per heavy atom. The Bertz CT molecular complexity index is 1190. The molecular formula is C21H25N7O. The first kappa shape index (κ1) is 18.1. The number of methoxy groups -OCH3 is 1. The molecule has 4 heterocycles. The first-order chi connectivity index (χ1) is 14.0. The lowest BCUT2D eigenvalue weighted by Gasteiger charge is -2.34. The lowest BCUT2D eigenvalue weighted by atomic mass is 9.89. The standard InChI is InChI=1S/C21H25N7O/c1-12(2)28-13(3)24-20-18(28)7-14(10-22-20)17-5-6-27-19(17)11-23-21(26-27)25-15-8-16(9-15)29-4/h5-7,10-12,15-16H,8-9H2,1-4H3,(H,25,26)/t15-,16-. The van der Waals surface area contributed by atoms with Crippen LogP contribution in [0.1, 0.15) is 38.6 Å². The molecule has 0 radical (unpaired) electrons. The highest BCUT2D eigenvalue weighted by Crippen LogP contribution is 2.29. The van der Waals surface area contributed by atoms with Crippen molar-refractivity contribution >= 4 is 22.6 Å². The first-order valence-corrected chi connectivity index (χ1v) is 10.0. The van der Waals surface area contributed by atoms with E-state index in [2.05, 4.69) is 55.9 Å².